The van der Waals surface area contributed by atoms with Crippen molar-refractivity contribution in [3.05, 3.63) is 59.7 Å². The van der Waals surface area contributed by atoms with E-state index < -0.39 is 0 Å². The van der Waals surface area contributed by atoms with Gasteiger partial charge in [0.2, 0.25) is 0 Å². The number of hydrogen-bond acceptors (Lipinski definition) is 4. The van der Waals surface area contributed by atoms with E-state index in [-0.39, 0.29) is 0 Å². The van der Waals surface area contributed by atoms with Crippen LogP contribution >= 0.6 is 0 Å². The van der Waals surface area contributed by atoms with Crippen LogP contribution in [-0.4, -0.2) is 9.97 Å². The Morgan fingerprint density at radius 2 is 1.59 bits per heavy atom. The topological polar surface area (TPSA) is 49.8 Å². The maximum Gasteiger partial charge on any atom is 0.0375 e. The molecule has 0 aliphatic heterocycles. The molecule has 0 saturated carbocycles. The first-order chi connectivity index (χ1) is 8.34. The van der Waals surface area contributed by atoms with Crippen LogP contribution in [0.1, 0.15) is 16.8 Å². The van der Waals surface area contributed by atoms with Crippen molar-refractivity contribution < 1.29 is 0 Å². The van der Waals surface area contributed by atoms with E-state index in [4.69, 9.17) is 0 Å². The van der Waals surface area contributed by atoms with Gasteiger partial charge in [-0.15, -0.1) is 0 Å². The van der Waals surface area contributed by atoms with E-state index in [1.807, 2.05) is 31.3 Å². The lowest BCUT2D eigenvalue weighted by Gasteiger charge is -2.07. The zero-order chi connectivity index (χ0) is 11.9. The summed E-state index contributed by atoms with van der Waals surface area (Å²) in [6.07, 6.45) is 5.42. The van der Waals surface area contributed by atoms with E-state index in [1.54, 1.807) is 12.4 Å². The Labute approximate surface area is 101 Å². The molecule has 0 aliphatic carbocycles. The summed E-state index contributed by atoms with van der Waals surface area (Å²) >= 11 is 0. The molecule has 2 rings (SSSR count). The summed E-state index contributed by atoms with van der Waals surface area (Å²) < 4.78 is 0. The van der Waals surface area contributed by atoms with E-state index in [0.717, 1.165) is 18.8 Å². The Morgan fingerprint density at radius 3 is 2.29 bits per heavy atom. The normalized spacial score (nSPS) is 10.4. The van der Waals surface area contributed by atoms with E-state index in [1.165, 1.54) is 11.1 Å². The largest absolute Gasteiger partial charge is 0.265 e. The molecule has 0 bridgehead atoms. The number of pyridine rings is 2. The zero-order valence-electron chi connectivity index (χ0n) is 9.85. The van der Waals surface area contributed by atoms with Crippen molar-refractivity contribution in [3.63, 3.8) is 0 Å². The number of aryl methyl sites for hydroxylation is 1. The Morgan fingerprint density at radius 1 is 0.941 bits per heavy atom. The number of nitrogens with zero attached hydrogens (tertiary/aromatic N) is 2. The van der Waals surface area contributed by atoms with Crippen molar-refractivity contribution in [2.45, 2.75) is 20.0 Å². The third-order valence-electron chi connectivity index (χ3n) is 2.42. The van der Waals surface area contributed by atoms with E-state index in [2.05, 4.69) is 26.9 Å². The quantitative estimate of drug-likeness (QED) is 0.602. The molecule has 0 radical (unpaired) electrons. The summed E-state index contributed by atoms with van der Waals surface area (Å²) in [6.45, 7) is 3.56. The minimum Gasteiger partial charge on any atom is -0.265 e. The highest BCUT2D eigenvalue weighted by molar-refractivity contribution is 5.15. The van der Waals surface area contributed by atoms with Crippen LogP contribution < -0.4 is 10.9 Å². The molecule has 4 heteroatoms. The SMILES string of the molecule is Cc1cc(CNNCc2ccncc2)ccn1. The number of hydrazine groups is 1. The molecule has 2 aromatic rings. The highest BCUT2D eigenvalue weighted by Crippen LogP contribution is 1.99. The monoisotopic (exact) mass is 228 g/mol. The van der Waals surface area contributed by atoms with E-state index in [9.17, 15) is 0 Å². The second-order valence-corrected chi connectivity index (χ2v) is 3.87. The Kier molecular flexibility index (Phi) is 4.18. The standard InChI is InChI=1S/C13H16N4/c1-11-8-13(4-7-15-11)10-17-16-9-12-2-5-14-6-3-12/h2-8,16-17H,9-10H2,1H3. The molecule has 2 aromatic heterocycles. The van der Waals surface area contributed by atoms with Gasteiger partial charge in [-0.25, -0.2) is 0 Å². The van der Waals surface area contributed by atoms with Gasteiger partial charge in [0.15, 0.2) is 0 Å². The van der Waals surface area contributed by atoms with Crippen molar-refractivity contribution in [2.24, 2.45) is 0 Å². The lowest BCUT2D eigenvalue weighted by molar-refractivity contribution is 0.529. The van der Waals surface area contributed by atoms with Crippen LogP contribution in [0.25, 0.3) is 0 Å². The van der Waals surface area contributed by atoms with Gasteiger partial charge in [-0.3, -0.25) is 20.8 Å². The molecule has 0 spiro atoms. The molecule has 0 fully saturated rings. The highest BCUT2D eigenvalue weighted by atomic mass is 15.3. The molecule has 17 heavy (non-hydrogen) atoms. The lowest BCUT2D eigenvalue weighted by atomic mass is 10.2. The average molecular weight is 228 g/mol. The summed E-state index contributed by atoms with van der Waals surface area (Å²) in [5.74, 6) is 0. The second-order valence-electron chi connectivity index (χ2n) is 3.87. The van der Waals surface area contributed by atoms with Gasteiger partial charge in [-0.1, -0.05) is 0 Å². The summed E-state index contributed by atoms with van der Waals surface area (Å²) in [4.78, 5) is 8.14. The van der Waals surface area contributed by atoms with Gasteiger partial charge in [0.1, 0.15) is 0 Å². The molecule has 0 atom stereocenters. The van der Waals surface area contributed by atoms with Gasteiger partial charge in [-0.05, 0) is 42.3 Å². The summed E-state index contributed by atoms with van der Waals surface area (Å²) in [7, 11) is 0. The fourth-order valence-electron chi connectivity index (χ4n) is 1.54. The molecule has 0 aliphatic rings. The first kappa shape index (κ1) is 11.7. The molecular weight excluding hydrogens is 212 g/mol. The Hall–Kier alpha value is -1.78. The number of nitrogens with one attached hydrogen (secondary N) is 2. The van der Waals surface area contributed by atoms with E-state index in [0.29, 0.717) is 0 Å². The van der Waals surface area contributed by atoms with Crippen LogP contribution in [0.2, 0.25) is 0 Å². The first-order valence-corrected chi connectivity index (χ1v) is 5.61. The lowest BCUT2D eigenvalue weighted by Crippen LogP contribution is -2.30. The Balaban J connectivity index is 1.73. The summed E-state index contributed by atoms with van der Waals surface area (Å²) in [6, 6.07) is 8.06. The maximum absolute atomic E-state index is 4.16. The first-order valence-electron chi connectivity index (χ1n) is 5.61. The molecule has 2 heterocycles. The molecule has 0 unspecified atom stereocenters. The molecule has 0 aromatic carbocycles. The van der Waals surface area contributed by atoms with Crippen molar-refractivity contribution in [1.29, 1.82) is 0 Å². The van der Waals surface area contributed by atoms with Crippen LogP contribution in [0.5, 0.6) is 0 Å². The predicted octanol–water partition coefficient (Wildman–Crippen LogP) is 1.58. The molecular formula is C13H16N4. The van der Waals surface area contributed by atoms with Crippen LogP contribution in [0.3, 0.4) is 0 Å². The third-order valence-corrected chi connectivity index (χ3v) is 2.42. The highest BCUT2D eigenvalue weighted by Gasteiger charge is 1.94. The minimum atomic E-state index is 0.784. The van der Waals surface area contributed by atoms with Gasteiger partial charge in [0, 0.05) is 37.4 Å². The predicted molar refractivity (Wildman–Crippen MR) is 66.9 cm³/mol. The van der Waals surface area contributed by atoms with Crippen LogP contribution in [-0.2, 0) is 13.1 Å². The third kappa shape index (κ3) is 3.94. The van der Waals surface area contributed by atoms with Crippen molar-refractivity contribution >= 4 is 0 Å². The smallest absolute Gasteiger partial charge is 0.0375 e. The van der Waals surface area contributed by atoms with Crippen molar-refractivity contribution in [2.75, 3.05) is 0 Å². The maximum atomic E-state index is 4.16. The van der Waals surface area contributed by atoms with Gasteiger partial charge in [0.25, 0.3) is 0 Å². The second kappa shape index (κ2) is 6.08. The summed E-state index contributed by atoms with van der Waals surface area (Å²) in [5, 5.41) is 0. The fourth-order valence-corrected chi connectivity index (χ4v) is 1.54. The number of hydrogen-bond donors (Lipinski definition) is 2. The average Bonchev–Trinajstić information content (AvgIpc) is 2.36. The van der Waals surface area contributed by atoms with Gasteiger partial charge in [0.05, 0.1) is 0 Å². The molecule has 0 saturated heterocycles. The molecule has 0 amide bonds. The van der Waals surface area contributed by atoms with Gasteiger partial charge < -0.3 is 0 Å². The van der Waals surface area contributed by atoms with Crippen molar-refractivity contribution in [1.82, 2.24) is 20.8 Å². The fraction of sp³-hybridized carbons (Fsp3) is 0.231. The van der Waals surface area contributed by atoms with Crippen LogP contribution in [0.15, 0.2) is 42.9 Å². The van der Waals surface area contributed by atoms with Crippen molar-refractivity contribution in [3.8, 4) is 0 Å². The number of aromatic nitrogens is 2. The van der Waals surface area contributed by atoms with Gasteiger partial charge >= 0.3 is 0 Å². The number of rotatable bonds is 5. The molecule has 88 valence electrons. The Bertz CT molecular complexity index is 456. The molecule has 2 N–H and O–H groups in total. The minimum absolute atomic E-state index is 0.784. The molecule has 4 nitrogen and oxygen atoms in total. The zero-order valence-corrected chi connectivity index (χ0v) is 9.85. The van der Waals surface area contributed by atoms with Gasteiger partial charge in [-0.2, -0.15) is 0 Å². The van der Waals surface area contributed by atoms with Crippen LogP contribution in [0.4, 0.5) is 0 Å². The van der Waals surface area contributed by atoms with Crippen LogP contribution in [0, 0.1) is 6.92 Å². The summed E-state index contributed by atoms with van der Waals surface area (Å²) in [5.41, 5.74) is 9.82. The van der Waals surface area contributed by atoms with E-state index >= 15 is 0 Å².